The number of anilines is 2. The van der Waals surface area contributed by atoms with Crippen LogP contribution >= 0.6 is 11.8 Å². The normalized spacial score (nSPS) is 11.5. The lowest BCUT2D eigenvalue weighted by atomic mass is 10.1. The van der Waals surface area contributed by atoms with Crippen molar-refractivity contribution in [3.8, 4) is 0 Å². The lowest BCUT2D eigenvalue weighted by Gasteiger charge is -2.19. The number of rotatable bonds is 9. The van der Waals surface area contributed by atoms with E-state index in [1.165, 1.54) is 11.8 Å². The van der Waals surface area contributed by atoms with Crippen molar-refractivity contribution < 1.29 is 19.5 Å². The molecule has 7 heteroatoms. The van der Waals surface area contributed by atoms with Crippen molar-refractivity contribution in [2.75, 3.05) is 10.6 Å². The topological polar surface area (TPSA) is 95.5 Å². The maximum Gasteiger partial charge on any atom is 0.303 e. The molecule has 0 saturated carbocycles. The van der Waals surface area contributed by atoms with Crippen molar-refractivity contribution in [3.63, 3.8) is 0 Å². The Morgan fingerprint density at radius 2 is 1.61 bits per heavy atom. The van der Waals surface area contributed by atoms with Gasteiger partial charge in [-0.3, -0.25) is 14.4 Å². The van der Waals surface area contributed by atoms with E-state index in [4.69, 9.17) is 5.11 Å². The number of hydrogen-bond donors (Lipinski definition) is 3. The van der Waals surface area contributed by atoms with E-state index in [2.05, 4.69) is 10.6 Å². The predicted molar refractivity (Wildman–Crippen MR) is 132 cm³/mol. The minimum Gasteiger partial charge on any atom is -0.481 e. The van der Waals surface area contributed by atoms with Crippen molar-refractivity contribution in [2.24, 2.45) is 0 Å². The molecule has 0 bridgehead atoms. The van der Waals surface area contributed by atoms with E-state index in [1.54, 1.807) is 18.2 Å². The highest BCUT2D eigenvalue weighted by molar-refractivity contribution is 8.00. The number of aryl methyl sites for hydroxylation is 1. The summed E-state index contributed by atoms with van der Waals surface area (Å²) in [5.41, 5.74) is 4.32. The molecule has 3 aromatic carbocycles. The number of carbonyl (C=O) groups is 3. The van der Waals surface area contributed by atoms with Gasteiger partial charge in [-0.25, -0.2) is 0 Å². The summed E-state index contributed by atoms with van der Waals surface area (Å²) in [4.78, 5) is 36.8. The first-order valence-electron chi connectivity index (χ1n) is 10.5. The molecule has 0 spiro atoms. The van der Waals surface area contributed by atoms with E-state index in [0.29, 0.717) is 5.69 Å². The maximum absolute atomic E-state index is 13.3. The van der Waals surface area contributed by atoms with Crippen LogP contribution in [0.4, 0.5) is 11.4 Å². The summed E-state index contributed by atoms with van der Waals surface area (Å²) in [7, 11) is 0. The Bertz CT molecular complexity index is 1150. The molecular formula is C26H26N2O4S. The molecule has 0 aromatic heterocycles. The minimum atomic E-state index is -1.02. The Morgan fingerprint density at radius 3 is 2.33 bits per heavy atom. The summed E-state index contributed by atoms with van der Waals surface area (Å²) in [5.74, 6) is -1.53. The molecule has 0 fully saturated rings. The summed E-state index contributed by atoms with van der Waals surface area (Å²) in [6.07, 6.45) is -0.327. The van der Waals surface area contributed by atoms with E-state index in [0.717, 1.165) is 27.3 Å². The van der Waals surface area contributed by atoms with Gasteiger partial charge in [0.2, 0.25) is 11.8 Å². The third-order valence-electron chi connectivity index (χ3n) is 5.14. The van der Waals surface area contributed by atoms with Gasteiger partial charge in [-0.05, 0) is 54.8 Å². The standard InChI is InChI=1S/C26H26N2O4S/c1-17-8-6-13-22(18(17)2)28-26(32)25(19-9-4-3-5-10-19)33-21-12-7-11-20(16-21)27-23(29)14-15-24(30)31/h3-13,16,25H,14-15H2,1-2H3,(H,27,29)(H,28,32)(H,30,31). The van der Waals surface area contributed by atoms with Crippen molar-refractivity contribution in [3.05, 3.63) is 89.5 Å². The fourth-order valence-corrected chi connectivity index (χ4v) is 4.30. The van der Waals surface area contributed by atoms with Crippen LogP contribution in [0.1, 0.15) is 34.8 Å². The monoisotopic (exact) mass is 462 g/mol. The zero-order chi connectivity index (χ0) is 23.8. The van der Waals surface area contributed by atoms with Crippen LogP contribution in [-0.2, 0) is 14.4 Å². The third-order valence-corrected chi connectivity index (χ3v) is 6.39. The van der Waals surface area contributed by atoms with Crippen molar-refractivity contribution in [1.29, 1.82) is 0 Å². The number of aliphatic carboxylic acids is 1. The van der Waals surface area contributed by atoms with Crippen molar-refractivity contribution in [2.45, 2.75) is 36.8 Å². The van der Waals surface area contributed by atoms with E-state index < -0.39 is 11.2 Å². The first-order valence-corrected chi connectivity index (χ1v) is 11.4. The number of amides is 2. The van der Waals surface area contributed by atoms with Crippen LogP contribution in [0.5, 0.6) is 0 Å². The molecule has 3 N–H and O–H groups in total. The second-order valence-electron chi connectivity index (χ2n) is 7.62. The number of carboxylic acids is 1. The molecule has 170 valence electrons. The number of carbonyl (C=O) groups excluding carboxylic acids is 2. The molecule has 33 heavy (non-hydrogen) atoms. The number of hydrogen-bond acceptors (Lipinski definition) is 4. The van der Waals surface area contributed by atoms with Crippen LogP contribution in [0, 0.1) is 13.8 Å². The molecule has 3 rings (SSSR count). The van der Waals surface area contributed by atoms with Gasteiger partial charge in [0.05, 0.1) is 6.42 Å². The van der Waals surface area contributed by atoms with Gasteiger partial charge in [-0.15, -0.1) is 11.8 Å². The molecule has 3 aromatic rings. The Balaban J connectivity index is 1.80. The van der Waals surface area contributed by atoms with Gasteiger partial charge >= 0.3 is 5.97 Å². The predicted octanol–water partition coefficient (Wildman–Crippen LogP) is 5.58. The van der Waals surface area contributed by atoms with Crippen molar-refractivity contribution in [1.82, 2.24) is 0 Å². The number of thioether (sulfide) groups is 1. The molecule has 2 amide bonds. The Kier molecular flexibility index (Phi) is 8.27. The second-order valence-corrected chi connectivity index (χ2v) is 8.79. The second kappa shape index (κ2) is 11.3. The highest BCUT2D eigenvalue weighted by Gasteiger charge is 2.23. The van der Waals surface area contributed by atoms with E-state index in [1.807, 2.05) is 68.4 Å². The molecule has 6 nitrogen and oxygen atoms in total. The van der Waals surface area contributed by atoms with Gasteiger partial charge in [0, 0.05) is 22.7 Å². The quantitative estimate of drug-likeness (QED) is 0.361. The van der Waals surface area contributed by atoms with Crippen LogP contribution in [0.15, 0.2) is 77.7 Å². The molecule has 0 saturated heterocycles. The molecule has 1 unspecified atom stereocenters. The summed E-state index contributed by atoms with van der Waals surface area (Å²) in [6.45, 7) is 3.98. The smallest absolute Gasteiger partial charge is 0.303 e. The zero-order valence-electron chi connectivity index (χ0n) is 18.5. The first kappa shape index (κ1) is 24.1. The highest BCUT2D eigenvalue weighted by atomic mass is 32.2. The first-order chi connectivity index (χ1) is 15.8. The average Bonchev–Trinajstić information content (AvgIpc) is 2.80. The van der Waals surface area contributed by atoms with Gasteiger partial charge in [-0.1, -0.05) is 48.5 Å². The van der Waals surface area contributed by atoms with Crippen LogP contribution in [0.3, 0.4) is 0 Å². The number of benzene rings is 3. The summed E-state index contributed by atoms with van der Waals surface area (Å²) < 4.78 is 0. The van der Waals surface area contributed by atoms with Crippen LogP contribution in [0.2, 0.25) is 0 Å². The lowest BCUT2D eigenvalue weighted by molar-refractivity contribution is -0.138. The molecule has 0 radical (unpaired) electrons. The van der Waals surface area contributed by atoms with Crippen LogP contribution in [-0.4, -0.2) is 22.9 Å². The Labute approximate surface area is 197 Å². The largest absolute Gasteiger partial charge is 0.481 e. The van der Waals surface area contributed by atoms with E-state index in [9.17, 15) is 14.4 Å². The van der Waals surface area contributed by atoms with Gasteiger partial charge < -0.3 is 15.7 Å². The minimum absolute atomic E-state index is 0.0996. The SMILES string of the molecule is Cc1cccc(NC(=O)C(Sc2cccc(NC(=O)CCC(=O)O)c2)c2ccccc2)c1C. The maximum atomic E-state index is 13.3. The fraction of sp³-hybridized carbons (Fsp3) is 0.192. The van der Waals surface area contributed by atoms with Gasteiger partial charge in [-0.2, -0.15) is 0 Å². The summed E-state index contributed by atoms with van der Waals surface area (Å²) in [6, 6.07) is 22.5. The zero-order valence-corrected chi connectivity index (χ0v) is 19.3. The number of nitrogens with one attached hydrogen (secondary N) is 2. The van der Waals surface area contributed by atoms with Crippen molar-refractivity contribution >= 4 is 40.9 Å². The average molecular weight is 463 g/mol. The van der Waals surface area contributed by atoms with E-state index >= 15 is 0 Å². The Hall–Kier alpha value is -3.58. The van der Waals surface area contributed by atoms with E-state index in [-0.39, 0.29) is 24.7 Å². The molecule has 0 heterocycles. The van der Waals surface area contributed by atoms with Crippen LogP contribution < -0.4 is 10.6 Å². The Morgan fingerprint density at radius 1 is 0.879 bits per heavy atom. The molecule has 0 aliphatic heterocycles. The summed E-state index contributed by atoms with van der Waals surface area (Å²) in [5, 5.41) is 14.0. The summed E-state index contributed by atoms with van der Waals surface area (Å²) >= 11 is 1.38. The molecular weight excluding hydrogens is 436 g/mol. The van der Waals surface area contributed by atoms with Gasteiger partial charge in [0.1, 0.15) is 5.25 Å². The van der Waals surface area contributed by atoms with Crippen LogP contribution in [0.25, 0.3) is 0 Å². The highest BCUT2D eigenvalue weighted by Crippen LogP contribution is 2.37. The third kappa shape index (κ3) is 6.95. The fourth-order valence-electron chi connectivity index (χ4n) is 3.21. The molecule has 1 atom stereocenters. The molecule has 0 aliphatic rings. The lowest BCUT2D eigenvalue weighted by Crippen LogP contribution is -2.19. The van der Waals surface area contributed by atoms with Gasteiger partial charge in [0.15, 0.2) is 0 Å². The number of carboxylic acid groups (broad SMARTS) is 1. The molecule has 0 aliphatic carbocycles. The van der Waals surface area contributed by atoms with Gasteiger partial charge in [0.25, 0.3) is 0 Å².